The molecule has 2 heterocycles. The third-order valence-corrected chi connectivity index (χ3v) is 5.42. The molecular weight excluding hydrogens is 446 g/mol. The topological polar surface area (TPSA) is 71.5 Å². The molecule has 6 nitrogen and oxygen atoms in total. The summed E-state index contributed by atoms with van der Waals surface area (Å²) >= 11 is 3.43. The fourth-order valence-corrected chi connectivity index (χ4v) is 3.59. The van der Waals surface area contributed by atoms with Gasteiger partial charge < -0.3 is 15.0 Å². The summed E-state index contributed by atoms with van der Waals surface area (Å²) in [7, 11) is 0. The number of rotatable bonds is 4. The highest BCUT2D eigenvalue weighted by molar-refractivity contribution is 9.10. The number of hydrogen-bond donors (Lipinski definition) is 1. The number of nitrogens with one attached hydrogen (secondary N) is 1. The van der Waals surface area contributed by atoms with Gasteiger partial charge in [-0.05, 0) is 48.0 Å². The van der Waals surface area contributed by atoms with E-state index in [2.05, 4.69) is 26.2 Å². The highest BCUT2D eigenvalue weighted by Crippen LogP contribution is 2.25. The fourth-order valence-electron chi connectivity index (χ4n) is 3.33. The van der Waals surface area contributed by atoms with Crippen molar-refractivity contribution in [3.8, 4) is 0 Å². The van der Waals surface area contributed by atoms with E-state index in [1.165, 1.54) is 6.20 Å². The number of nitrogens with zero attached hydrogens (tertiary/aromatic N) is 2. The highest BCUT2D eigenvalue weighted by Gasteiger charge is 2.26. The minimum absolute atomic E-state index is 0.0853. The molecule has 2 amide bonds. The quantitative estimate of drug-likeness (QED) is 0.622. The lowest BCUT2D eigenvalue weighted by Crippen LogP contribution is -2.42. The number of halogens is 1. The summed E-state index contributed by atoms with van der Waals surface area (Å²) < 4.78 is 6.87. The van der Waals surface area contributed by atoms with Crippen molar-refractivity contribution in [1.29, 1.82) is 0 Å². The number of carbonyl (C=O) groups excluding carboxylic acids is 2. The molecule has 152 valence electrons. The molecule has 1 aliphatic heterocycles. The Kier molecular flexibility index (Phi) is 6.21. The number of aromatic nitrogens is 1. The first-order valence-corrected chi connectivity index (χ1v) is 10.4. The SMILES string of the molecule is O=C(Nc1cccc(C(=O)N2CCOC(c3ccc(Br)cc3)C2)c1)c1cccnc1. The molecule has 0 spiro atoms. The Morgan fingerprint density at radius 2 is 1.87 bits per heavy atom. The first kappa shape index (κ1) is 20.3. The van der Waals surface area contributed by atoms with E-state index in [0.717, 1.165) is 10.0 Å². The molecule has 1 N–H and O–H groups in total. The molecule has 7 heteroatoms. The predicted octanol–water partition coefficient (Wildman–Crippen LogP) is 4.31. The molecule has 0 bridgehead atoms. The molecule has 1 atom stereocenters. The van der Waals surface area contributed by atoms with Crippen molar-refractivity contribution < 1.29 is 14.3 Å². The van der Waals surface area contributed by atoms with E-state index in [1.807, 2.05) is 24.3 Å². The zero-order chi connectivity index (χ0) is 20.9. The largest absolute Gasteiger partial charge is 0.370 e. The molecule has 30 heavy (non-hydrogen) atoms. The van der Waals surface area contributed by atoms with Gasteiger partial charge in [-0.1, -0.05) is 34.1 Å². The monoisotopic (exact) mass is 465 g/mol. The molecule has 1 saturated heterocycles. The number of carbonyl (C=O) groups is 2. The molecule has 1 aliphatic rings. The van der Waals surface area contributed by atoms with Gasteiger partial charge in [0.1, 0.15) is 6.10 Å². The van der Waals surface area contributed by atoms with Crippen molar-refractivity contribution >= 4 is 33.4 Å². The van der Waals surface area contributed by atoms with Gasteiger partial charge in [-0.3, -0.25) is 14.6 Å². The average Bonchev–Trinajstić information content (AvgIpc) is 2.80. The summed E-state index contributed by atoms with van der Waals surface area (Å²) in [5.41, 5.74) is 2.58. The number of ether oxygens (including phenoxy) is 1. The lowest BCUT2D eigenvalue weighted by Gasteiger charge is -2.33. The number of amides is 2. The van der Waals surface area contributed by atoms with Crippen LogP contribution in [0.5, 0.6) is 0 Å². The second-order valence-corrected chi connectivity index (χ2v) is 7.85. The summed E-state index contributed by atoms with van der Waals surface area (Å²) in [6.07, 6.45) is 2.95. The van der Waals surface area contributed by atoms with E-state index in [-0.39, 0.29) is 17.9 Å². The van der Waals surface area contributed by atoms with Crippen molar-refractivity contribution in [2.45, 2.75) is 6.10 Å². The van der Waals surface area contributed by atoms with Gasteiger partial charge in [-0.25, -0.2) is 0 Å². The minimum atomic E-state index is -0.269. The van der Waals surface area contributed by atoms with Gasteiger partial charge in [-0.15, -0.1) is 0 Å². The molecule has 1 aromatic heterocycles. The van der Waals surface area contributed by atoms with Crippen LogP contribution >= 0.6 is 15.9 Å². The van der Waals surface area contributed by atoms with Crippen LogP contribution in [0.2, 0.25) is 0 Å². The number of pyridine rings is 1. The summed E-state index contributed by atoms with van der Waals surface area (Å²) in [6.45, 7) is 1.48. The maximum Gasteiger partial charge on any atom is 0.257 e. The lowest BCUT2D eigenvalue weighted by molar-refractivity contribution is -0.0228. The molecule has 3 aromatic rings. The maximum atomic E-state index is 13.1. The Hall–Kier alpha value is -3.03. The van der Waals surface area contributed by atoms with Gasteiger partial charge in [0, 0.05) is 34.7 Å². The number of hydrogen-bond acceptors (Lipinski definition) is 4. The molecule has 0 radical (unpaired) electrons. The molecule has 0 saturated carbocycles. The van der Waals surface area contributed by atoms with Crippen LogP contribution in [0.4, 0.5) is 5.69 Å². The Morgan fingerprint density at radius 1 is 1.07 bits per heavy atom. The minimum Gasteiger partial charge on any atom is -0.370 e. The maximum absolute atomic E-state index is 13.1. The number of benzene rings is 2. The molecule has 4 rings (SSSR count). The van der Waals surface area contributed by atoms with Gasteiger partial charge in [-0.2, -0.15) is 0 Å². The van der Waals surface area contributed by atoms with Gasteiger partial charge >= 0.3 is 0 Å². The first-order chi connectivity index (χ1) is 14.6. The molecule has 0 aliphatic carbocycles. The van der Waals surface area contributed by atoms with Gasteiger partial charge in [0.05, 0.1) is 18.7 Å². The molecule has 1 fully saturated rings. The molecule has 2 aromatic carbocycles. The second-order valence-electron chi connectivity index (χ2n) is 6.94. The van der Waals surface area contributed by atoms with Crippen molar-refractivity contribution in [3.05, 3.63) is 94.2 Å². The van der Waals surface area contributed by atoms with Crippen LogP contribution < -0.4 is 5.32 Å². The first-order valence-electron chi connectivity index (χ1n) is 9.58. The van der Waals surface area contributed by atoms with Crippen molar-refractivity contribution in [2.24, 2.45) is 0 Å². The van der Waals surface area contributed by atoms with Crippen LogP contribution in [0.15, 0.2) is 77.5 Å². The van der Waals surface area contributed by atoms with Crippen molar-refractivity contribution in [1.82, 2.24) is 9.88 Å². The van der Waals surface area contributed by atoms with Crippen molar-refractivity contribution in [3.63, 3.8) is 0 Å². The summed E-state index contributed by atoms with van der Waals surface area (Å²) in [6, 6.07) is 18.3. The highest BCUT2D eigenvalue weighted by atomic mass is 79.9. The predicted molar refractivity (Wildman–Crippen MR) is 117 cm³/mol. The van der Waals surface area contributed by atoms with Crippen LogP contribution in [0.1, 0.15) is 32.4 Å². The van der Waals surface area contributed by atoms with Crippen LogP contribution in [-0.4, -0.2) is 41.4 Å². The fraction of sp³-hybridized carbons (Fsp3) is 0.174. The summed E-state index contributed by atoms with van der Waals surface area (Å²) in [5, 5.41) is 2.82. The van der Waals surface area contributed by atoms with Gasteiger partial charge in [0.2, 0.25) is 0 Å². The summed E-state index contributed by atoms with van der Waals surface area (Å²) in [4.78, 5) is 31.2. The van der Waals surface area contributed by atoms with Crippen molar-refractivity contribution in [2.75, 3.05) is 25.0 Å². The van der Waals surface area contributed by atoms with E-state index >= 15 is 0 Å². The third-order valence-electron chi connectivity index (χ3n) is 4.89. The summed E-state index contributed by atoms with van der Waals surface area (Å²) in [5.74, 6) is -0.354. The molecule has 1 unspecified atom stereocenters. The average molecular weight is 466 g/mol. The van der Waals surface area contributed by atoms with Gasteiger partial charge in [0.15, 0.2) is 0 Å². The number of anilines is 1. The van der Waals surface area contributed by atoms with E-state index in [1.54, 1.807) is 47.5 Å². The normalized spacial score (nSPS) is 16.2. The lowest BCUT2D eigenvalue weighted by atomic mass is 10.1. The van der Waals surface area contributed by atoms with Crippen LogP contribution in [0, 0.1) is 0 Å². The second kappa shape index (κ2) is 9.19. The van der Waals surface area contributed by atoms with Crippen LogP contribution in [0.25, 0.3) is 0 Å². The van der Waals surface area contributed by atoms with Gasteiger partial charge in [0.25, 0.3) is 11.8 Å². The van der Waals surface area contributed by atoms with Crippen LogP contribution in [-0.2, 0) is 4.74 Å². The van der Waals surface area contributed by atoms with E-state index in [0.29, 0.717) is 36.5 Å². The van der Waals surface area contributed by atoms with Crippen LogP contribution in [0.3, 0.4) is 0 Å². The van der Waals surface area contributed by atoms with E-state index in [4.69, 9.17) is 4.74 Å². The number of morpholine rings is 1. The third kappa shape index (κ3) is 4.75. The zero-order valence-corrected chi connectivity index (χ0v) is 17.7. The van der Waals surface area contributed by atoms with E-state index in [9.17, 15) is 9.59 Å². The Balaban J connectivity index is 1.46. The smallest absolute Gasteiger partial charge is 0.257 e. The molecular formula is C23H20BrN3O3. The Bertz CT molecular complexity index is 1040. The Morgan fingerprint density at radius 3 is 2.63 bits per heavy atom. The van der Waals surface area contributed by atoms with E-state index < -0.39 is 0 Å². The Labute approximate surface area is 183 Å². The zero-order valence-electron chi connectivity index (χ0n) is 16.1. The standard InChI is InChI=1S/C23H20BrN3O3/c24-19-8-6-16(7-9-19)21-15-27(11-12-30-21)23(29)17-3-1-5-20(13-17)26-22(28)18-4-2-10-25-14-18/h1-10,13-14,21H,11-12,15H2,(H,26,28).